The molecule has 0 radical (unpaired) electrons. The Labute approximate surface area is 126 Å². The van der Waals surface area contributed by atoms with E-state index < -0.39 is 5.82 Å². The molecule has 20 heavy (non-hydrogen) atoms. The van der Waals surface area contributed by atoms with E-state index >= 15 is 0 Å². The molecule has 4 N–H and O–H groups in total. The molecule has 0 spiro atoms. The van der Waals surface area contributed by atoms with Gasteiger partial charge in [-0.2, -0.15) is 0 Å². The smallest absolute Gasteiger partial charge is 0.169 e. The van der Waals surface area contributed by atoms with Gasteiger partial charge in [-0.15, -0.1) is 0 Å². The molecule has 106 valence electrons. The number of nitrogens with zero attached hydrogens (tertiary/aromatic N) is 1. The van der Waals surface area contributed by atoms with E-state index in [0.717, 1.165) is 5.56 Å². The lowest BCUT2D eigenvalue weighted by Gasteiger charge is -2.23. The lowest BCUT2D eigenvalue weighted by Crippen LogP contribution is -2.19. The molecule has 3 nitrogen and oxygen atoms in total. The van der Waals surface area contributed by atoms with Crippen LogP contribution in [0.1, 0.15) is 5.56 Å². The Morgan fingerprint density at radius 3 is 2.50 bits per heavy atom. The van der Waals surface area contributed by atoms with E-state index in [1.807, 2.05) is 18.2 Å². The topological polar surface area (TPSA) is 55.3 Å². The zero-order valence-electron chi connectivity index (χ0n) is 10.8. The molecule has 0 saturated carbocycles. The fourth-order valence-corrected chi connectivity index (χ4v) is 2.39. The van der Waals surface area contributed by atoms with Crippen molar-refractivity contribution in [2.24, 2.45) is 0 Å². The van der Waals surface area contributed by atoms with Crippen LogP contribution in [-0.2, 0) is 6.54 Å². The molecule has 2 rings (SSSR count). The summed E-state index contributed by atoms with van der Waals surface area (Å²) in [6.45, 7) is 0.446. The van der Waals surface area contributed by atoms with Gasteiger partial charge in [0, 0.05) is 18.6 Å². The van der Waals surface area contributed by atoms with E-state index in [1.54, 1.807) is 18.0 Å². The zero-order chi connectivity index (χ0) is 14.9. The molecule has 0 heterocycles. The number of hydrogen-bond donors (Lipinski definition) is 2. The summed E-state index contributed by atoms with van der Waals surface area (Å²) in [4.78, 5) is 1.67. The number of halogens is 3. The van der Waals surface area contributed by atoms with Crippen molar-refractivity contribution >= 4 is 40.3 Å². The predicted molar refractivity (Wildman–Crippen MR) is 83.8 cm³/mol. The molecular formula is C14H14Cl2FN3. The van der Waals surface area contributed by atoms with E-state index in [1.165, 1.54) is 6.07 Å². The first kappa shape index (κ1) is 14.8. The maximum Gasteiger partial charge on any atom is 0.169 e. The maximum atomic E-state index is 14.2. The monoisotopic (exact) mass is 313 g/mol. The average molecular weight is 314 g/mol. The van der Waals surface area contributed by atoms with Crippen LogP contribution in [0.3, 0.4) is 0 Å². The van der Waals surface area contributed by atoms with Crippen LogP contribution in [0.15, 0.2) is 30.3 Å². The largest absolute Gasteiger partial charge is 0.397 e. The molecule has 0 atom stereocenters. The number of benzene rings is 2. The highest BCUT2D eigenvalue weighted by atomic mass is 35.5. The minimum Gasteiger partial charge on any atom is -0.397 e. The summed E-state index contributed by atoms with van der Waals surface area (Å²) in [5, 5.41) is 0.506. The summed E-state index contributed by atoms with van der Waals surface area (Å²) in [7, 11) is 1.72. The standard InChI is InChI=1S/C14H14Cl2FN3/c1-20(7-8-3-2-4-9(15)5-8)14-11(19)6-10(18)12(16)13(14)17/h2-6H,7,18-19H2,1H3. The van der Waals surface area contributed by atoms with Gasteiger partial charge in [0.25, 0.3) is 0 Å². The van der Waals surface area contributed by atoms with Gasteiger partial charge in [0.2, 0.25) is 0 Å². The van der Waals surface area contributed by atoms with Crippen molar-refractivity contribution in [3.63, 3.8) is 0 Å². The number of rotatable bonds is 3. The number of anilines is 3. The van der Waals surface area contributed by atoms with E-state index in [2.05, 4.69) is 0 Å². The van der Waals surface area contributed by atoms with Crippen molar-refractivity contribution in [2.45, 2.75) is 6.54 Å². The molecule has 6 heteroatoms. The zero-order valence-corrected chi connectivity index (χ0v) is 12.3. The van der Waals surface area contributed by atoms with Gasteiger partial charge in [-0.05, 0) is 23.8 Å². The highest BCUT2D eigenvalue weighted by Gasteiger charge is 2.17. The second-order valence-electron chi connectivity index (χ2n) is 4.52. The summed E-state index contributed by atoms with van der Waals surface area (Å²) in [5.41, 5.74) is 12.9. The fraction of sp³-hybridized carbons (Fsp3) is 0.143. The minimum atomic E-state index is -0.617. The van der Waals surface area contributed by atoms with E-state index in [0.29, 0.717) is 11.6 Å². The summed E-state index contributed by atoms with van der Waals surface area (Å²) >= 11 is 11.8. The van der Waals surface area contributed by atoms with Crippen LogP contribution in [0.5, 0.6) is 0 Å². The third kappa shape index (κ3) is 2.92. The van der Waals surface area contributed by atoms with E-state index in [-0.39, 0.29) is 22.1 Å². The van der Waals surface area contributed by atoms with Gasteiger partial charge in [0.15, 0.2) is 5.82 Å². The van der Waals surface area contributed by atoms with Crippen LogP contribution in [0.4, 0.5) is 21.5 Å². The molecule has 0 aliphatic heterocycles. The van der Waals surface area contributed by atoms with Crippen LogP contribution >= 0.6 is 23.2 Å². The van der Waals surface area contributed by atoms with Gasteiger partial charge in [-0.1, -0.05) is 35.3 Å². The maximum absolute atomic E-state index is 14.2. The van der Waals surface area contributed by atoms with Crippen molar-refractivity contribution < 1.29 is 4.39 Å². The Balaban J connectivity index is 2.34. The Morgan fingerprint density at radius 1 is 1.15 bits per heavy atom. The van der Waals surface area contributed by atoms with Gasteiger partial charge < -0.3 is 16.4 Å². The Hall–Kier alpha value is -1.65. The van der Waals surface area contributed by atoms with Crippen molar-refractivity contribution in [3.8, 4) is 0 Å². The number of hydrogen-bond acceptors (Lipinski definition) is 3. The lowest BCUT2D eigenvalue weighted by atomic mass is 10.1. The van der Waals surface area contributed by atoms with Crippen LogP contribution in [0.25, 0.3) is 0 Å². The Kier molecular flexibility index (Phi) is 4.26. The predicted octanol–water partition coefficient (Wildman–Crippen LogP) is 3.93. The van der Waals surface area contributed by atoms with E-state index in [9.17, 15) is 4.39 Å². The average Bonchev–Trinajstić information content (AvgIpc) is 2.36. The SMILES string of the molecule is CN(Cc1cccc(Cl)c1)c1c(N)cc(N)c(Cl)c1F. The first-order valence-corrected chi connectivity index (χ1v) is 6.64. The summed E-state index contributed by atoms with van der Waals surface area (Å²) < 4.78 is 14.2. The molecular weight excluding hydrogens is 300 g/mol. The van der Waals surface area contributed by atoms with Crippen LogP contribution in [0.2, 0.25) is 10.0 Å². The highest BCUT2D eigenvalue weighted by molar-refractivity contribution is 6.33. The minimum absolute atomic E-state index is 0.118. The molecule has 0 aromatic heterocycles. The first-order valence-electron chi connectivity index (χ1n) is 5.88. The summed E-state index contributed by atoms with van der Waals surface area (Å²) in [5.74, 6) is -0.617. The van der Waals surface area contributed by atoms with Crippen LogP contribution in [-0.4, -0.2) is 7.05 Å². The molecule has 2 aromatic rings. The van der Waals surface area contributed by atoms with Gasteiger partial charge in [-0.3, -0.25) is 0 Å². The molecule has 0 unspecified atom stereocenters. The second-order valence-corrected chi connectivity index (χ2v) is 5.33. The second kappa shape index (κ2) is 5.77. The van der Waals surface area contributed by atoms with Crippen molar-refractivity contribution in [1.29, 1.82) is 0 Å². The molecule has 0 fully saturated rings. The first-order chi connectivity index (χ1) is 9.40. The van der Waals surface area contributed by atoms with Gasteiger partial charge >= 0.3 is 0 Å². The molecule has 0 amide bonds. The Morgan fingerprint density at radius 2 is 1.85 bits per heavy atom. The molecule has 2 aromatic carbocycles. The van der Waals surface area contributed by atoms with Crippen LogP contribution in [0, 0.1) is 5.82 Å². The number of nitrogen functional groups attached to an aromatic ring is 2. The molecule has 0 saturated heterocycles. The highest BCUT2D eigenvalue weighted by Crippen LogP contribution is 2.36. The van der Waals surface area contributed by atoms with Gasteiger partial charge in [-0.25, -0.2) is 4.39 Å². The normalized spacial score (nSPS) is 10.6. The summed E-state index contributed by atoms with van der Waals surface area (Å²) in [6.07, 6.45) is 0. The van der Waals surface area contributed by atoms with E-state index in [4.69, 9.17) is 34.7 Å². The number of nitrogens with two attached hydrogens (primary N) is 2. The van der Waals surface area contributed by atoms with Crippen molar-refractivity contribution in [1.82, 2.24) is 0 Å². The van der Waals surface area contributed by atoms with Gasteiger partial charge in [0.1, 0.15) is 5.02 Å². The van der Waals surface area contributed by atoms with Crippen molar-refractivity contribution in [3.05, 3.63) is 51.8 Å². The van der Waals surface area contributed by atoms with Crippen molar-refractivity contribution in [2.75, 3.05) is 23.4 Å². The quantitative estimate of drug-likeness (QED) is 0.844. The molecule has 0 aliphatic rings. The fourth-order valence-electron chi connectivity index (χ4n) is 2.03. The third-order valence-electron chi connectivity index (χ3n) is 2.93. The van der Waals surface area contributed by atoms with Gasteiger partial charge in [0.05, 0.1) is 17.1 Å². The summed E-state index contributed by atoms with van der Waals surface area (Å²) in [6, 6.07) is 8.77. The van der Waals surface area contributed by atoms with Crippen LogP contribution < -0.4 is 16.4 Å². The third-order valence-corrected chi connectivity index (χ3v) is 3.55. The Bertz CT molecular complexity index is 647. The molecule has 0 bridgehead atoms. The lowest BCUT2D eigenvalue weighted by molar-refractivity contribution is 0.624. The molecule has 0 aliphatic carbocycles.